The Morgan fingerprint density at radius 3 is 2.78 bits per heavy atom. The molecule has 1 aromatic carbocycles. The topological polar surface area (TPSA) is 38.3 Å². The minimum Gasteiger partial charge on any atom is -0.383 e. The van der Waals surface area contributed by atoms with Gasteiger partial charge >= 0.3 is 0 Å². The van der Waals surface area contributed by atoms with Gasteiger partial charge in [0.1, 0.15) is 0 Å². The lowest BCUT2D eigenvalue weighted by atomic mass is 10.1. The normalized spacial score (nSPS) is 12.2. The van der Waals surface area contributed by atoms with Crippen LogP contribution in [0.2, 0.25) is 0 Å². The van der Waals surface area contributed by atoms with Gasteiger partial charge in [-0.25, -0.2) is 0 Å². The Bertz CT molecular complexity index is 401. The van der Waals surface area contributed by atoms with Gasteiger partial charge in [0.2, 0.25) is 0 Å². The van der Waals surface area contributed by atoms with E-state index in [9.17, 15) is 4.79 Å². The van der Waals surface area contributed by atoms with Crippen molar-refractivity contribution in [3.05, 3.63) is 33.8 Å². The Hall–Kier alpha value is -0.870. The standard InChI is InChI=1S/C14H20BrNO2/c1-4-5-11(9-18-3)16-14(17)12-7-6-10(2)8-13(12)15/h6-8,11H,4-5,9H2,1-3H3,(H,16,17). The molecule has 1 atom stereocenters. The molecule has 3 nitrogen and oxygen atoms in total. The summed E-state index contributed by atoms with van der Waals surface area (Å²) in [5.41, 5.74) is 1.79. The number of aryl methyl sites for hydroxylation is 1. The van der Waals surface area contributed by atoms with Crippen LogP contribution >= 0.6 is 15.9 Å². The molecule has 1 N–H and O–H groups in total. The average Bonchev–Trinajstić information content (AvgIpc) is 2.29. The summed E-state index contributed by atoms with van der Waals surface area (Å²) < 4.78 is 5.94. The van der Waals surface area contributed by atoms with Gasteiger partial charge < -0.3 is 10.1 Å². The van der Waals surface area contributed by atoms with Crippen LogP contribution in [0.15, 0.2) is 22.7 Å². The largest absolute Gasteiger partial charge is 0.383 e. The summed E-state index contributed by atoms with van der Waals surface area (Å²) in [5, 5.41) is 3.00. The minimum absolute atomic E-state index is 0.0580. The highest BCUT2D eigenvalue weighted by Crippen LogP contribution is 2.18. The lowest BCUT2D eigenvalue weighted by Crippen LogP contribution is -2.38. The van der Waals surface area contributed by atoms with Crippen molar-refractivity contribution >= 4 is 21.8 Å². The molecule has 0 spiro atoms. The maximum Gasteiger partial charge on any atom is 0.252 e. The van der Waals surface area contributed by atoms with Gasteiger partial charge in [0.05, 0.1) is 18.2 Å². The number of halogens is 1. The van der Waals surface area contributed by atoms with Crippen molar-refractivity contribution in [2.45, 2.75) is 32.7 Å². The lowest BCUT2D eigenvalue weighted by molar-refractivity contribution is 0.0891. The summed E-state index contributed by atoms with van der Waals surface area (Å²) in [6, 6.07) is 5.79. The van der Waals surface area contributed by atoms with E-state index in [4.69, 9.17) is 4.74 Å². The molecule has 0 saturated carbocycles. The number of hydrogen-bond donors (Lipinski definition) is 1. The van der Waals surface area contributed by atoms with Gasteiger partial charge in [0.25, 0.3) is 5.91 Å². The first-order valence-electron chi connectivity index (χ1n) is 6.14. The molecule has 18 heavy (non-hydrogen) atoms. The molecule has 0 radical (unpaired) electrons. The fourth-order valence-corrected chi connectivity index (χ4v) is 2.49. The first-order valence-corrected chi connectivity index (χ1v) is 6.93. The van der Waals surface area contributed by atoms with Crippen LogP contribution in [0.4, 0.5) is 0 Å². The SMILES string of the molecule is CCCC(COC)NC(=O)c1ccc(C)cc1Br. The number of ether oxygens (including phenoxy) is 1. The second-order valence-corrected chi connectivity index (χ2v) is 5.25. The number of carbonyl (C=O) groups is 1. The van der Waals surface area contributed by atoms with Gasteiger partial charge in [-0.1, -0.05) is 19.4 Å². The third-order valence-corrected chi connectivity index (χ3v) is 3.37. The molecule has 0 aromatic heterocycles. The first-order chi connectivity index (χ1) is 8.58. The molecule has 0 aliphatic heterocycles. The molecule has 0 aliphatic rings. The van der Waals surface area contributed by atoms with E-state index >= 15 is 0 Å². The van der Waals surface area contributed by atoms with Crippen LogP contribution in [-0.4, -0.2) is 25.7 Å². The fraction of sp³-hybridized carbons (Fsp3) is 0.500. The van der Waals surface area contributed by atoms with Crippen molar-refractivity contribution in [1.29, 1.82) is 0 Å². The van der Waals surface area contributed by atoms with Crippen LogP contribution in [0.1, 0.15) is 35.7 Å². The van der Waals surface area contributed by atoms with Gasteiger partial charge in [0, 0.05) is 11.6 Å². The fourth-order valence-electron chi connectivity index (χ4n) is 1.81. The van der Waals surface area contributed by atoms with E-state index in [1.807, 2.05) is 25.1 Å². The van der Waals surface area contributed by atoms with Gasteiger partial charge in [-0.05, 0) is 47.0 Å². The van der Waals surface area contributed by atoms with E-state index < -0.39 is 0 Å². The van der Waals surface area contributed by atoms with E-state index in [0.29, 0.717) is 12.2 Å². The summed E-state index contributed by atoms with van der Waals surface area (Å²) in [6.45, 7) is 4.64. The number of rotatable bonds is 6. The summed E-state index contributed by atoms with van der Waals surface area (Å²) >= 11 is 3.42. The monoisotopic (exact) mass is 313 g/mol. The van der Waals surface area contributed by atoms with Crippen molar-refractivity contribution in [1.82, 2.24) is 5.32 Å². The van der Waals surface area contributed by atoms with Gasteiger partial charge in [-0.3, -0.25) is 4.79 Å². The summed E-state index contributed by atoms with van der Waals surface area (Å²) in [5.74, 6) is -0.0580. The highest BCUT2D eigenvalue weighted by molar-refractivity contribution is 9.10. The van der Waals surface area contributed by atoms with Crippen LogP contribution in [0.5, 0.6) is 0 Å². The minimum atomic E-state index is -0.0580. The summed E-state index contributed by atoms with van der Waals surface area (Å²) in [4.78, 5) is 12.1. The number of methoxy groups -OCH3 is 1. The molecular weight excluding hydrogens is 294 g/mol. The number of hydrogen-bond acceptors (Lipinski definition) is 2. The Kier molecular flexibility index (Phi) is 6.36. The van der Waals surface area contributed by atoms with Crippen LogP contribution < -0.4 is 5.32 Å². The summed E-state index contributed by atoms with van der Waals surface area (Å²) in [7, 11) is 1.65. The number of amides is 1. The predicted molar refractivity (Wildman–Crippen MR) is 76.9 cm³/mol. The predicted octanol–water partition coefficient (Wildman–Crippen LogP) is 3.30. The van der Waals surface area contributed by atoms with Crippen LogP contribution in [0.25, 0.3) is 0 Å². The van der Waals surface area contributed by atoms with E-state index in [1.165, 1.54) is 0 Å². The third kappa shape index (κ3) is 4.42. The zero-order chi connectivity index (χ0) is 13.5. The lowest BCUT2D eigenvalue weighted by Gasteiger charge is -2.17. The van der Waals surface area contributed by atoms with Crippen LogP contribution in [0, 0.1) is 6.92 Å². The molecule has 100 valence electrons. The molecule has 4 heteroatoms. The molecular formula is C14H20BrNO2. The van der Waals surface area contributed by atoms with Crippen LogP contribution in [-0.2, 0) is 4.74 Å². The third-order valence-electron chi connectivity index (χ3n) is 2.71. The van der Waals surface area contributed by atoms with Crippen molar-refractivity contribution in [2.24, 2.45) is 0 Å². The number of benzene rings is 1. The van der Waals surface area contributed by atoms with Crippen molar-refractivity contribution in [3.8, 4) is 0 Å². The second kappa shape index (κ2) is 7.54. The number of carbonyl (C=O) groups excluding carboxylic acids is 1. The molecule has 0 bridgehead atoms. The highest BCUT2D eigenvalue weighted by atomic mass is 79.9. The smallest absolute Gasteiger partial charge is 0.252 e. The van der Waals surface area contributed by atoms with Gasteiger partial charge in [-0.2, -0.15) is 0 Å². The van der Waals surface area contributed by atoms with Crippen molar-refractivity contribution in [3.63, 3.8) is 0 Å². The van der Waals surface area contributed by atoms with E-state index in [1.54, 1.807) is 7.11 Å². The maximum atomic E-state index is 12.1. The van der Waals surface area contributed by atoms with Gasteiger partial charge in [-0.15, -0.1) is 0 Å². The summed E-state index contributed by atoms with van der Waals surface area (Å²) in [6.07, 6.45) is 1.94. The Morgan fingerprint density at radius 2 is 2.22 bits per heavy atom. The molecule has 1 rings (SSSR count). The molecule has 0 saturated heterocycles. The average molecular weight is 314 g/mol. The Labute approximate surface area is 117 Å². The Balaban J connectivity index is 2.73. The molecule has 0 heterocycles. The molecule has 0 fully saturated rings. The maximum absolute atomic E-state index is 12.1. The first kappa shape index (κ1) is 15.2. The van der Waals surface area contributed by atoms with E-state index in [-0.39, 0.29) is 11.9 Å². The zero-order valence-electron chi connectivity index (χ0n) is 11.1. The zero-order valence-corrected chi connectivity index (χ0v) is 12.7. The second-order valence-electron chi connectivity index (χ2n) is 4.40. The number of nitrogens with one attached hydrogen (secondary N) is 1. The van der Waals surface area contributed by atoms with E-state index in [0.717, 1.165) is 22.9 Å². The highest BCUT2D eigenvalue weighted by Gasteiger charge is 2.15. The molecule has 0 aliphatic carbocycles. The quantitative estimate of drug-likeness (QED) is 0.875. The molecule has 1 amide bonds. The van der Waals surface area contributed by atoms with Crippen molar-refractivity contribution < 1.29 is 9.53 Å². The Morgan fingerprint density at radius 1 is 1.50 bits per heavy atom. The molecule has 1 unspecified atom stereocenters. The molecule has 1 aromatic rings. The van der Waals surface area contributed by atoms with Crippen LogP contribution in [0.3, 0.4) is 0 Å². The van der Waals surface area contributed by atoms with Gasteiger partial charge in [0.15, 0.2) is 0 Å². The van der Waals surface area contributed by atoms with Crippen molar-refractivity contribution in [2.75, 3.05) is 13.7 Å². The van der Waals surface area contributed by atoms with E-state index in [2.05, 4.69) is 28.2 Å².